The second-order valence-electron chi connectivity index (χ2n) is 5.01. The van der Waals surface area contributed by atoms with Gasteiger partial charge in [0.05, 0.1) is 6.10 Å². The first-order chi connectivity index (χ1) is 9.54. The van der Waals surface area contributed by atoms with Gasteiger partial charge in [0.1, 0.15) is 5.75 Å². The maximum absolute atomic E-state index is 11.1. The molecule has 0 aliphatic rings. The topological polar surface area (TPSA) is 54.1 Å². The molecule has 0 fully saturated rings. The molecule has 20 heavy (non-hydrogen) atoms. The number of ether oxygens (including phenoxy) is 1. The van der Waals surface area contributed by atoms with Crippen molar-refractivity contribution in [3.63, 3.8) is 0 Å². The van der Waals surface area contributed by atoms with Gasteiger partial charge >= 0.3 is 4.87 Å². The van der Waals surface area contributed by atoms with Crippen molar-refractivity contribution in [3.8, 4) is 5.75 Å². The summed E-state index contributed by atoms with van der Waals surface area (Å²) in [6.07, 6.45) is 0.187. The van der Waals surface area contributed by atoms with Crippen molar-refractivity contribution < 1.29 is 4.74 Å². The fraction of sp³-hybridized carbons (Fsp3) is 0.400. The molecule has 5 heteroatoms. The van der Waals surface area contributed by atoms with E-state index in [-0.39, 0.29) is 17.0 Å². The van der Waals surface area contributed by atoms with Gasteiger partial charge in [0, 0.05) is 23.7 Å². The van der Waals surface area contributed by atoms with E-state index >= 15 is 0 Å². The van der Waals surface area contributed by atoms with E-state index in [1.54, 1.807) is 0 Å². The van der Waals surface area contributed by atoms with Crippen molar-refractivity contribution in [2.75, 3.05) is 0 Å². The average Bonchev–Trinajstić information content (AvgIpc) is 2.82. The molecule has 1 atom stereocenters. The van der Waals surface area contributed by atoms with Gasteiger partial charge in [-0.2, -0.15) is 0 Å². The minimum atomic E-state index is -0.00959. The van der Waals surface area contributed by atoms with Crippen LogP contribution in [0.15, 0.2) is 34.4 Å². The number of H-pyrrole nitrogens is 1. The highest BCUT2D eigenvalue weighted by Crippen LogP contribution is 2.18. The van der Waals surface area contributed by atoms with E-state index in [1.165, 1.54) is 16.9 Å². The summed E-state index contributed by atoms with van der Waals surface area (Å²) in [5.74, 6) is 0.887. The zero-order valence-corrected chi connectivity index (χ0v) is 12.8. The Labute approximate surface area is 122 Å². The average molecular weight is 292 g/mol. The van der Waals surface area contributed by atoms with Gasteiger partial charge in [0.15, 0.2) is 0 Å². The van der Waals surface area contributed by atoms with Crippen molar-refractivity contribution in [2.45, 2.75) is 39.5 Å². The Balaban J connectivity index is 1.91. The Bertz CT molecular complexity index is 586. The number of hydrogen-bond acceptors (Lipinski definition) is 4. The van der Waals surface area contributed by atoms with Crippen LogP contribution < -0.4 is 14.9 Å². The summed E-state index contributed by atoms with van der Waals surface area (Å²) in [6, 6.07) is 8.31. The normalized spacial score (nSPS) is 12.6. The van der Waals surface area contributed by atoms with Crippen molar-refractivity contribution in [3.05, 3.63) is 50.6 Å². The van der Waals surface area contributed by atoms with Gasteiger partial charge in [0.25, 0.3) is 0 Å². The van der Waals surface area contributed by atoms with Crippen LogP contribution in [0.5, 0.6) is 5.75 Å². The van der Waals surface area contributed by atoms with Gasteiger partial charge in [-0.05, 0) is 38.5 Å². The molecule has 0 radical (unpaired) electrons. The predicted octanol–water partition coefficient (Wildman–Crippen LogP) is 3.07. The molecule has 0 spiro atoms. The fourth-order valence-electron chi connectivity index (χ4n) is 1.89. The molecule has 0 amide bonds. The highest BCUT2D eigenvalue weighted by Gasteiger charge is 2.06. The third kappa shape index (κ3) is 4.21. The van der Waals surface area contributed by atoms with E-state index in [9.17, 15) is 4.79 Å². The molecule has 1 aromatic carbocycles. The first-order valence-electron chi connectivity index (χ1n) is 6.71. The monoisotopic (exact) mass is 292 g/mol. The number of nitrogens with one attached hydrogen (secondary N) is 2. The molecule has 0 saturated carbocycles. The number of benzene rings is 1. The van der Waals surface area contributed by atoms with Crippen LogP contribution in [-0.2, 0) is 6.54 Å². The van der Waals surface area contributed by atoms with Crippen LogP contribution in [0.25, 0.3) is 0 Å². The second-order valence-corrected chi connectivity index (χ2v) is 5.85. The third-order valence-electron chi connectivity index (χ3n) is 2.92. The quantitative estimate of drug-likeness (QED) is 0.860. The SMILES string of the molecule is CC(C)Oc1ccc(C(C)NCc2csc(=O)[nH]2)cc1. The predicted molar refractivity (Wildman–Crippen MR) is 82.4 cm³/mol. The molecule has 1 heterocycles. The van der Waals surface area contributed by atoms with Crippen LogP contribution in [0.1, 0.15) is 38.1 Å². The zero-order chi connectivity index (χ0) is 14.5. The summed E-state index contributed by atoms with van der Waals surface area (Å²) in [6.45, 7) is 6.78. The van der Waals surface area contributed by atoms with Crippen LogP contribution in [0.3, 0.4) is 0 Å². The number of aromatic amines is 1. The van der Waals surface area contributed by atoms with Gasteiger partial charge in [-0.1, -0.05) is 23.5 Å². The Morgan fingerprint density at radius 2 is 1.95 bits per heavy atom. The van der Waals surface area contributed by atoms with E-state index in [2.05, 4.69) is 29.4 Å². The molecule has 2 aromatic rings. The maximum atomic E-state index is 11.1. The molecule has 1 unspecified atom stereocenters. The van der Waals surface area contributed by atoms with E-state index in [1.807, 2.05) is 31.4 Å². The molecule has 4 nitrogen and oxygen atoms in total. The minimum Gasteiger partial charge on any atom is -0.491 e. The van der Waals surface area contributed by atoms with Gasteiger partial charge in [-0.25, -0.2) is 0 Å². The maximum Gasteiger partial charge on any atom is 0.304 e. The van der Waals surface area contributed by atoms with E-state index in [4.69, 9.17) is 4.74 Å². The summed E-state index contributed by atoms with van der Waals surface area (Å²) >= 11 is 1.19. The number of hydrogen-bond donors (Lipinski definition) is 2. The Morgan fingerprint density at radius 3 is 2.50 bits per heavy atom. The van der Waals surface area contributed by atoms with Gasteiger partial charge in [0.2, 0.25) is 0 Å². The van der Waals surface area contributed by atoms with E-state index < -0.39 is 0 Å². The molecule has 0 bridgehead atoms. The van der Waals surface area contributed by atoms with Gasteiger partial charge < -0.3 is 15.0 Å². The first-order valence-corrected chi connectivity index (χ1v) is 7.59. The summed E-state index contributed by atoms with van der Waals surface area (Å²) < 4.78 is 5.62. The van der Waals surface area contributed by atoms with Gasteiger partial charge in [-0.15, -0.1) is 0 Å². The molecule has 2 rings (SSSR count). The summed E-state index contributed by atoms with van der Waals surface area (Å²) in [4.78, 5) is 13.8. The lowest BCUT2D eigenvalue weighted by atomic mass is 10.1. The molecule has 1 aromatic heterocycles. The van der Waals surface area contributed by atoms with E-state index in [0.29, 0.717) is 6.54 Å². The van der Waals surface area contributed by atoms with Crippen LogP contribution >= 0.6 is 11.3 Å². The molecule has 0 saturated heterocycles. The van der Waals surface area contributed by atoms with Crippen molar-refractivity contribution in [1.29, 1.82) is 0 Å². The molecule has 2 N–H and O–H groups in total. The number of rotatable bonds is 6. The Kier molecular flexibility index (Phi) is 4.98. The van der Waals surface area contributed by atoms with Gasteiger partial charge in [-0.3, -0.25) is 4.79 Å². The summed E-state index contributed by atoms with van der Waals surface area (Å²) in [5, 5.41) is 5.23. The number of thiazole rings is 1. The summed E-state index contributed by atoms with van der Waals surface area (Å²) in [7, 11) is 0. The standard InChI is InChI=1S/C15H20N2O2S/c1-10(2)19-14-6-4-12(5-7-14)11(3)16-8-13-9-20-15(18)17-13/h4-7,9-11,16H,8H2,1-3H3,(H,17,18). The highest BCUT2D eigenvalue weighted by molar-refractivity contribution is 7.07. The lowest BCUT2D eigenvalue weighted by Crippen LogP contribution is -2.18. The molecule has 0 aliphatic carbocycles. The molecule has 108 valence electrons. The fourth-order valence-corrected chi connectivity index (χ4v) is 2.47. The number of aromatic nitrogens is 1. The van der Waals surface area contributed by atoms with Crippen molar-refractivity contribution in [2.24, 2.45) is 0 Å². The second kappa shape index (κ2) is 6.72. The van der Waals surface area contributed by atoms with E-state index in [0.717, 1.165) is 11.4 Å². The summed E-state index contributed by atoms with van der Waals surface area (Å²) in [5.41, 5.74) is 2.12. The minimum absolute atomic E-state index is 0.00959. The van der Waals surface area contributed by atoms with Crippen LogP contribution in [0, 0.1) is 0 Å². The third-order valence-corrected chi connectivity index (χ3v) is 3.64. The van der Waals surface area contributed by atoms with Crippen LogP contribution in [-0.4, -0.2) is 11.1 Å². The first kappa shape index (κ1) is 14.8. The van der Waals surface area contributed by atoms with Crippen molar-refractivity contribution >= 4 is 11.3 Å². The largest absolute Gasteiger partial charge is 0.491 e. The lowest BCUT2D eigenvalue weighted by Gasteiger charge is -2.15. The molecule has 0 aliphatic heterocycles. The zero-order valence-electron chi connectivity index (χ0n) is 12.0. The molecular weight excluding hydrogens is 272 g/mol. The Morgan fingerprint density at radius 1 is 1.25 bits per heavy atom. The Hall–Kier alpha value is -1.59. The molecular formula is C15H20N2O2S. The van der Waals surface area contributed by atoms with Crippen LogP contribution in [0.4, 0.5) is 0 Å². The highest BCUT2D eigenvalue weighted by atomic mass is 32.1. The smallest absolute Gasteiger partial charge is 0.304 e. The van der Waals surface area contributed by atoms with Crippen LogP contribution in [0.2, 0.25) is 0 Å². The van der Waals surface area contributed by atoms with Crippen molar-refractivity contribution in [1.82, 2.24) is 10.3 Å². The lowest BCUT2D eigenvalue weighted by molar-refractivity contribution is 0.242.